The van der Waals surface area contributed by atoms with Crippen molar-refractivity contribution in [3.05, 3.63) is 30.3 Å². The van der Waals surface area contributed by atoms with Gasteiger partial charge in [0.15, 0.2) is 0 Å². The number of carbonyl (C=O) groups is 2. The van der Waals surface area contributed by atoms with Crippen molar-refractivity contribution in [2.45, 2.75) is 31.5 Å². The molecule has 3 rings (SSSR count). The summed E-state index contributed by atoms with van der Waals surface area (Å²) >= 11 is 0. The smallest absolute Gasteiger partial charge is 0.314 e. The van der Waals surface area contributed by atoms with Crippen molar-refractivity contribution in [3.63, 3.8) is 0 Å². The van der Waals surface area contributed by atoms with Gasteiger partial charge in [-0.1, -0.05) is 18.2 Å². The molecule has 0 saturated carbocycles. The van der Waals surface area contributed by atoms with Gasteiger partial charge in [0.1, 0.15) is 5.75 Å². The van der Waals surface area contributed by atoms with Gasteiger partial charge in [0.05, 0.1) is 12.6 Å². The molecule has 7 nitrogen and oxygen atoms in total. The maximum absolute atomic E-state index is 12.2. The van der Waals surface area contributed by atoms with Crippen molar-refractivity contribution in [2.75, 3.05) is 39.3 Å². The predicted octanol–water partition coefficient (Wildman–Crippen LogP) is 1.27. The highest BCUT2D eigenvalue weighted by Crippen LogP contribution is 2.17. The van der Waals surface area contributed by atoms with Crippen molar-refractivity contribution in [1.82, 2.24) is 20.4 Å². The molecule has 0 spiro atoms. The van der Waals surface area contributed by atoms with Gasteiger partial charge in [-0.3, -0.25) is 19.4 Å². The lowest BCUT2D eigenvalue weighted by Crippen LogP contribution is -2.58. The zero-order chi connectivity index (χ0) is 18.2. The first-order valence-corrected chi connectivity index (χ1v) is 9.40. The number of hydrogen-bond donors (Lipinski definition) is 2. The number of nitrogens with one attached hydrogen (secondary N) is 2. The largest absolute Gasteiger partial charge is 0.426 e. The molecule has 0 aliphatic carbocycles. The number of halogens is 2. The Morgan fingerprint density at radius 2 is 1.79 bits per heavy atom. The van der Waals surface area contributed by atoms with E-state index in [1.54, 1.807) is 12.1 Å². The summed E-state index contributed by atoms with van der Waals surface area (Å²) in [4.78, 5) is 27.9. The van der Waals surface area contributed by atoms with Crippen LogP contribution in [-0.2, 0) is 9.59 Å². The number of carbonyl (C=O) groups excluding carboxylic acids is 2. The zero-order valence-corrected chi connectivity index (χ0v) is 17.6. The first kappa shape index (κ1) is 24.7. The molecule has 2 saturated heterocycles. The number of hydrogen-bond acceptors (Lipinski definition) is 6. The average molecular weight is 433 g/mol. The fourth-order valence-electron chi connectivity index (χ4n) is 3.78. The molecule has 2 aliphatic heterocycles. The van der Waals surface area contributed by atoms with E-state index in [0.717, 1.165) is 39.3 Å². The minimum atomic E-state index is -0.337. The Kier molecular flexibility index (Phi) is 11.4. The predicted molar refractivity (Wildman–Crippen MR) is 113 cm³/mol. The first-order chi connectivity index (χ1) is 12.8. The summed E-state index contributed by atoms with van der Waals surface area (Å²) in [6.45, 7) is 5.80. The van der Waals surface area contributed by atoms with E-state index in [2.05, 4.69) is 20.4 Å². The lowest BCUT2D eigenvalue weighted by molar-refractivity contribution is -0.136. The van der Waals surface area contributed by atoms with E-state index in [1.807, 2.05) is 18.2 Å². The molecule has 0 radical (unpaired) electrons. The van der Waals surface area contributed by atoms with Gasteiger partial charge in [0.25, 0.3) is 0 Å². The highest BCUT2D eigenvalue weighted by atomic mass is 35.5. The maximum Gasteiger partial charge on any atom is 0.314 e. The van der Waals surface area contributed by atoms with E-state index in [-0.39, 0.29) is 43.4 Å². The number of rotatable bonds is 7. The molecule has 0 aromatic heterocycles. The number of para-hydroxylation sites is 1. The summed E-state index contributed by atoms with van der Waals surface area (Å²) in [5.41, 5.74) is 0. The Labute approximate surface area is 179 Å². The van der Waals surface area contributed by atoms with E-state index in [9.17, 15) is 9.59 Å². The monoisotopic (exact) mass is 432 g/mol. The summed E-state index contributed by atoms with van der Waals surface area (Å²) in [5.74, 6) is 0.189. The van der Waals surface area contributed by atoms with E-state index < -0.39 is 0 Å². The minimum Gasteiger partial charge on any atom is -0.426 e. The van der Waals surface area contributed by atoms with Gasteiger partial charge < -0.3 is 15.4 Å². The zero-order valence-electron chi connectivity index (χ0n) is 15.9. The SMILES string of the molecule is Cl.Cl.O=CNC(CC(=O)Oc1ccccc1)N1CCN(C2CCNCC2)CC1. The van der Waals surface area contributed by atoms with Crippen LogP contribution in [0.5, 0.6) is 5.75 Å². The Hall–Kier alpha value is -1.38. The molecule has 158 valence electrons. The number of piperidine rings is 1. The number of benzene rings is 1. The Morgan fingerprint density at radius 3 is 2.39 bits per heavy atom. The highest BCUT2D eigenvalue weighted by molar-refractivity contribution is 5.85. The van der Waals surface area contributed by atoms with Crippen LogP contribution in [0.15, 0.2) is 30.3 Å². The number of piperazine rings is 1. The normalized spacial score (nSPS) is 19.6. The number of esters is 1. The third kappa shape index (κ3) is 7.22. The fourth-order valence-corrected chi connectivity index (χ4v) is 3.78. The summed E-state index contributed by atoms with van der Waals surface area (Å²) in [6, 6.07) is 9.66. The Balaban J connectivity index is 0.00000196. The quantitative estimate of drug-likeness (QED) is 0.383. The van der Waals surface area contributed by atoms with Gasteiger partial charge in [-0.15, -0.1) is 24.8 Å². The van der Waals surface area contributed by atoms with Crippen LogP contribution >= 0.6 is 24.8 Å². The van der Waals surface area contributed by atoms with Crippen LogP contribution in [0.1, 0.15) is 19.3 Å². The first-order valence-electron chi connectivity index (χ1n) is 9.40. The number of ether oxygens (including phenoxy) is 1. The molecular formula is C19H30Cl2N4O3. The molecule has 1 unspecified atom stereocenters. The molecule has 9 heteroatoms. The van der Waals surface area contributed by atoms with Gasteiger partial charge in [0, 0.05) is 32.2 Å². The topological polar surface area (TPSA) is 73.9 Å². The van der Waals surface area contributed by atoms with Crippen molar-refractivity contribution in [2.24, 2.45) is 0 Å². The molecule has 1 aromatic rings. The average Bonchev–Trinajstić information content (AvgIpc) is 2.69. The Bertz CT molecular complexity index is 580. The molecule has 1 atom stereocenters. The molecular weight excluding hydrogens is 403 g/mol. The molecule has 2 aliphatic rings. The van der Waals surface area contributed by atoms with Crippen LogP contribution in [0, 0.1) is 0 Å². The third-order valence-electron chi connectivity index (χ3n) is 5.21. The molecule has 1 amide bonds. The van der Waals surface area contributed by atoms with Crippen molar-refractivity contribution < 1.29 is 14.3 Å². The van der Waals surface area contributed by atoms with Crippen LogP contribution in [-0.4, -0.2) is 73.7 Å². The fraction of sp³-hybridized carbons (Fsp3) is 0.579. The molecule has 1 aromatic carbocycles. The van der Waals surface area contributed by atoms with Crippen LogP contribution in [0.25, 0.3) is 0 Å². The van der Waals surface area contributed by atoms with E-state index in [1.165, 1.54) is 12.8 Å². The lowest BCUT2D eigenvalue weighted by Gasteiger charge is -2.43. The highest BCUT2D eigenvalue weighted by Gasteiger charge is 2.29. The number of amides is 1. The molecule has 2 fully saturated rings. The van der Waals surface area contributed by atoms with E-state index in [0.29, 0.717) is 18.2 Å². The van der Waals surface area contributed by atoms with Gasteiger partial charge >= 0.3 is 5.97 Å². The van der Waals surface area contributed by atoms with E-state index >= 15 is 0 Å². The van der Waals surface area contributed by atoms with Crippen LogP contribution in [0.2, 0.25) is 0 Å². The van der Waals surface area contributed by atoms with Gasteiger partial charge in [-0.25, -0.2) is 0 Å². The summed E-state index contributed by atoms with van der Waals surface area (Å²) < 4.78 is 5.36. The van der Waals surface area contributed by atoms with E-state index in [4.69, 9.17) is 4.74 Å². The standard InChI is InChI=1S/C19H28N4O3.2ClH/c24-15-21-18(14-19(25)26-17-4-2-1-3-5-17)23-12-10-22(11-13-23)16-6-8-20-9-7-16;;/h1-5,15-16,18,20H,6-14H2,(H,21,24);2*1H. The summed E-state index contributed by atoms with van der Waals surface area (Å²) in [6.07, 6.45) is 2.87. The molecule has 0 bridgehead atoms. The minimum absolute atomic E-state index is 0. The van der Waals surface area contributed by atoms with Crippen LogP contribution < -0.4 is 15.4 Å². The summed E-state index contributed by atoms with van der Waals surface area (Å²) in [7, 11) is 0. The molecule has 2 heterocycles. The van der Waals surface area contributed by atoms with Crippen LogP contribution in [0.4, 0.5) is 0 Å². The second-order valence-corrected chi connectivity index (χ2v) is 6.84. The maximum atomic E-state index is 12.2. The van der Waals surface area contributed by atoms with Crippen molar-refractivity contribution in [1.29, 1.82) is 0 Å². The van der Waals surface area contributed by atoms with Crippen molar-refractivity contribution in [3.8, 4) is 5.75 Å². The van der Waals surface area contributed by atoms with Crippen molar-refractivity contribution >= 4 is 37.2 Å². The Morgan fingerprint density at radius 1 is 1.14 bits per heavy atom. The van der Waals surface area contributed by atoms with Gasteiger partial charge in [-0.05, 0) is 38.1 Å². The van der Waals surface area contributed by atoms with Crippen LogP contribution in [0.3, 0.4) is 0 Å². The summed E-state index contributed by atoms with van der Waals surface area (Å²) in [5, 5.41) is 6.18. The molecule has 28 heavy (non-hydrogen) atoms. The van der Waals surface area contributed by atoms with Gasteiger partial charge in [0.2, 0.25) is 6.41 Å². The second-order valence-electron chi connectivity index (χ2n) is 6.84. The molecule has 2 N–H and O–H groups in total. The third-order valence-corrected chi connectivity index (χ3v) is 5.21. The number of nitrogens with zero attached hydrogens (tertiary/aromatic N) is 2. The second kappa shape index (κ2) is 13.0. The van der Waals surface area contributed by atoms with Gasteiger partial charge in [-0.2, -0.15) is 0 Å². The lowest BCUT2D eigenvalue weighted by atomic mass is 10.0.